The van der Waals surface area contributed by atoms with E-state index in [4.69, 9.17) is 0 Å². The van der Waals surface area contributed by atoms with Crippen molar-refractivity contribution in [1.82, 2.24) is 9.88 Å². The van der Waals surface area contributed by atoms with Gasteiger partial charge in [0.2, 0.25) is 0 Å². The zero-order valence-electron chi connectivity index (χ0n) is 17.8. The van der Waals surface area contributed by atoms with Crippen molar-refractivity contribution in [3.05, 3.63) is 91.3 Å². The summed E-state index contributed by atoms with van der Waals surface area (Å²) >= 11 is 1.72. The number of H-pyrrole nitrogens is 1. The number of nitro groups is 1. The summed E-state index contributed by atoms with van der Waals surface area (Å²) in [7, 11) is 0. The molecule has 0 saturated heterocycles. The molecule has 0 saturated carbocycles. The third kappa shape index (κ3) is 3.76. The van der Waals surface area contributed by atoms with E-state index in [2.05, 4.69) is 21.7 Å². The van der Waals surface area contributed by atoms with Gasteiger partial charge in [-0.2, -0.15) is 0 Å². The topological polar surface area (TPSA) is 108 Å². The summed E-state index contributed by atoms with van der Waals surface area (Å²) in [4.78, 5) is 43.0. The highest BCUT2D eigenvalue weighted by Crippen LogP contribution is 2.28. The fraction of sp³-hybridized carbons (Fsp3) is 0.167. The number of nitrogens with zero attached hydrogens (tertiary/aromatic N) is 2. The van der Waals surface area contributed by atoms with E-state index in [1.165, 1.54) is 28.8 Å². The molecule has 0 fully saturated rings. The van der Waals surface area contributed by atoms with Crippen molar-refractivity contribution in [3.63, 3.8) is 0 Å². The first kappa shape index (κ1) is 20.9. The Morgan fingerprint density at radius 3 is 2.85 bits per heavy atom. The number of hydrogen-bond donors (Lipinski definition) is 2. The Bertz CT molecular complexity index is 1420. The van der Waals surface area contributed by atoms with Gasteiger partial charge in [-0.15, -0.1) is 11.3 Å². The molecule has 0 radical (unpaired) electrons. The van der Waals surface area contributed by atoms with Crippen molar-refractivity contribution in [1.29, 1.82) is 0 Å². The molecule has 1 aliphatic rings. The molecule has 166 valence electrons. The molecule has 0 bridgehead atoms. The molecule has 2 N–H and O–H groups in total. The van der Waals surface area contributed by atoms with Gasteiger partial charge >= 0.3 is 0 Å². The van der Waals surface area contributed by atoms with E-state index >= 15 is 0 Å². The van der Waals surface area contributed by atoms with Crippen LogP contribution in [-0.4, -0.2) is 33.2 Å². The van der Waals surface area contributed by atoms with E-state index < -0.39 is 10.8 Å². The van der Waals surface area contributed by atoms with Gasteiger partial charge in [0, 0.05) is 58.5 Å². The number of nitrogens with one attached hydrogen (secondary N) is 2. The van der Waals surface area contributed by atoms with Crippen LogP contribution in [0.25, 0.3) is 10.9 Å². The summed E-state index contributed by atoms with van der Waals surface area (Å²) in [5, 5.41) is 16.5. The minimum absolute atomic E-state index is 0.0665. The van der Waals surface area contributed by atoms with Crippen LogP contribution in [0.1, 0.15) is 36.7 Å². The number of benzene rings is 2. The molecule has 0 spiro atoms. The van der Waals surface area contributed by atoms with Gasteiger partial charge in [0.25, 0.3) is 17.5 Å². The number of amides is 2. The Kier molecular flexibility index (Phi) is 5.18. The summed E-state index contributed by atoms with van der Waals surface area (Å²) in [5.74, 6) is -0.474. The second kappa shape index (κ2) is 8.18. The number of anilines is 1. The van der Waals surface area contributed by atoms with Gasteiger partial charge in [-0.25, -0.2) is 0 Å². The number of rotatable bonds is 4. The van der Waals surface area contributed by atoms with Crippen LogP contribution in [0, 0.1) is 17.0 Å². The third-order valence-electron chi connectivity index (χ3n) is 6.03. The highest BCUT2D eigenvalue weighted by molar-refractivity contribution is 7.10. The van der Waals surface area contributed by atoms with Crippen LogP contribution >= 0.6 is 11.3 Å². The smallest absolute Gasteiger partial charge is 0.270 e. The van der Waals surface area contributed by atoms with Crippen LogP contribution < -0.4 is 5.32 Å². The van der Waals surface area contributed by atoms with Crippen molar-refractivity contribution in [3.8, 4) is 0 Å². The van der Waals surface area contributed by atoms with Crippen molar-refractivity contribution in [2.75, 3.05) is 11.9 Å². The number of non-ortho nitro benzene ring substituents is 1. The highest BCUT2D eigenvalue weighted by Gasteiger charge is 2.24. The minimum Gasteiger partial charge on any atom is -0.360 e. The van der Waals surface area contributed by atoms with Gasteiger partial charge < -0.3 is 15.2 Å². The highest BCUT2D eigenvalue weighted by atomic mass is 32.1. The molecule has 0 aliphatic carbocycles. The van der Waals surface area contributed by atoms with Crippen molar-refractivity contribution in [2.24, 2.45) is 0 Å². The van der Waals surface area contributed by atoms with E-state index in [1.807, 2.05) is 11.8 Å². The first-order valence-electron chi connectivity index (χ1n) is 10.4. The lowest BCUT2D eigenvalue weighted by Gasteiger charge is -2.28. The predicted molar refractivity (Wildman–Crippen MR) is 127 cm³/mol. The zero-order chi connectivity index (χ0) is 23.1. The minimum atomic E-state index is -0.493. The van der Waals surface area contributed by atoms with Gasteiger partial charge in [-0.3, -0.25) is 19.7 Å². The van der Waals surface area contributed by atoms with E-state index in [1.54, 1.807) is 35.6 Å². The Labute approximate surface area is 193 Å². The maximum Gasteiger partial charge on any atom is 0.270 e. The Morgan fingerprint density at radius 1 is 1.18 bits per heavy atom. The molecule has 2 amide bonds. The maximum absolute atomic E-state index is 13.2. The van der Waals surface area contributed by atoms with Gasteiger partial charge in [-0.1, -0.05) is 6.07 Å². The molecule has 2 aromatic heterocycles. The number of nitro benzene ring substituents is 1. The molecule has 8 nitrogen and oxygen atoms in total. The number of fused-ring (bicyclic) bond motifs is 2. The lowest BCUT2D eigenvalue weighted by molar-refractivity contribution is -0.384. The number of carbonyl (C=O) groups is 2. The molecule has 0 atom stereocenters. The number of thiophene rings is 1. The van der Waals surface area contributed by atoms with Crippen LogP contribution in [-0.2, 0) is 13.0 Å². The molecular formula is C24H20N4O4S. The largest absolute Gasteiger partial charge is 0.360 e. The van der Waals surface area contributed by atoms with Crippen molar-refractivity contribution in [2.45, 2.75) is 19.9 Å². The third-order valence-corrected chi connectivity index (χ3v) is 7.05. The molecule has 9 heteroatoms. The Hall–Kier alpha value is -3.98. The predicted octanol–water partition coefficient (Wildman–Crippen LogP) is 4.90. The maximum atomic E-state index is 13.2. The zero-order valence-corrected chi connectivity index (χ0v) is 18.6. The summed E-state index contributed by atoms with van der Waals surface area (Å²) in [6.07, 6.45) is 2.38. The summed E-state index contributed by atoms with van der Waals surface area (Å²) < 4.78 is 0. The van der Waals surface area contributed by atoms with Gasteiger partial charge in [-0.05, 0) is 54.1 Å². The molecule has 4 aromatic rings. The lowest BCUT2D eigenvalue weighted by Crippen LogP contribution is -2.35. The number of hydrogen-bond acceptors (Lipinski definition) is 5. The summed E-state index contributed by atoms with van der Waals surface area (Å²) in [5.41, 5.74) is 3.78. The van der Waals surface area contributed by atoms with Gasteiger partial charge in [0.05, 0.1) is 10.5 Å². The monoisotopic (exact) mass is 460 g/mol. The molecule has 3 heterocycles. The van der Waals surface area contributed by atoms with Crippen LogP contribution in [0.2, 0.25) is 0 Å². The second-order valence-corrected chi connectivity index (χ2v) is 8.97. The molecule has 2 aromatic carbocycles. The van der Waals surface area contributed by atoms with Crippen molar-refractivity contribution < 1.29 is 14.5 Å². The number of carbonyl (C=O) groups excluding carboxylic acids is 2. The summed E-state index contributed by atoms with van der Waals surface area (Å²) in [6, 6.07) is 11.7. The van der Waals surface area contributed by atoms with Crippen LogP contribution in [0.5, 0.6) is 0 Å². The quantitative estimate of drug-likeness (QED) is 0.334. The fourth-order valence-corrected chi connectivity index (χ4v) is 5.08. The molecule has 33 heavy (non-hydrogen) atoms. The van der Waals surface area contributed by atoms with Gasteiger partial charge in [0.15, 0.2) is 0 Å². The molecule has 5 rings (SSSR count). The molecule has 1 aliphatic heterocycles. The van der Waals surface area contributed by atoms with E-state index in [0.717, 1.165) is 6.42 Å². The van der Waals surface area contributed by atoms with Gasteiger partial charge in [0.1, 0.15) is 0 Å². The SMILES string of the molecule is Cc1c(NC(=O)c2c[nH]c3ccc([N+](=O)[O-])cc23)cccc1C(=O)N1CCc2sccc2C1. The number of aromatic nitrogens is 1. The normalized spacial score (nSPS) is 13.1. The van der Waals surface area contributed by atoms with Crippen molar-refractivity contribution >= 4 is 45.4 Å². The Morgan fingerprint density at radius 2 is 2.03 bits per heavy atom. The Balaban J connectivity index is 1.40. The van der Waals surface area contributed by atoms with E-state index in [-0.39, 0.29) is 11.6 Å². The first-order chi connectivity index (χ1) is 15.9. The average molecular weight is 461 g/mol. The summed E-state index contributed by atoms with van der Waals surface area (Å²) in [6.45, 7) is 3.06. The first-order valence-corrected chi connectivity index (χ1v) is 11.3. The van der Waals surface area contributed by atoms with E-state index in [9.17, 15) is 19.7 Å². The molecular weight excluding hydrogens is 440 g/mol. The average Bonchev–Trinajstić information content (AvgIpc) is 3.45. The van der Waals surface area contributed by atoms with Crippen LogP contribution in [0.4, 0.5) is 11.4 Å². The fourth-order valence-electron chi connectivity index (χ4n) is 4.19. The second-order valence-electron chi connectivity index (χ2n) is 7.97. The standard InChI is InChI=1S/C24H20N4O4S/c1-14-17(24(30)27-9-7-22-15(13-27)8-10-33-22)3-2-4-20(14)26-23(29)19-12-25-21-6-5-16(28(31)32)11-18(19)21/h2-6,8,10-12,25H,7,9,13H2,1H3,(H,26,29). The van der Waals surface area contributed by atoms with Crippen LogP contribution in [0.15, 0.2) is 54.0 Å². The molecule has 0 unspecified atom stereocenters. The van der Waals surface area contributed by atoms with E-state index in [0.29, 0.717) is 46.4 Å². The lowest BCUT2D eigenvalue weighted by atomic mass is 10.0. The van der Waals surface area contributed by atoms with Crippen LogP contribution in [0.3, 0.4) is 0 Å². The number of aromatic amines is 1.